The molecule has 5 rings (SSSR count). The summed E-state index contributed by atoms with van der Waals surface area (Å²) in [7, 11) is 0. The van der Waals surface area contributed by atoms with Gasteiger partial charge in [0.15, 0.2) is 0 Å². The predicted octanol–water partition coefficient (Wildman–Crippen LogP) is 4.19. The second-order valence-electron chi connectivity index (χ2n) is 8.35. The molecule has 1 aliphatic carbocycles. The summed E-state index contributed by atoms with van der Waals surface area (Å²) in [6.45, 7) is 2.19. The summed E-state index contributed by atoms with van der Waals surface area (Å²) in [5.41, 5.74) is 0.825. The van der Waals surface area contributed by atoms with Gasteiger partial charge in [0, 0.05) is 43.0 Å². The molecule has 2 aromatic heterocycles. The lowest BCUT2D eigenvalue weighted by molar-refractivity contribution is 0.0564. The monoisotopic (exact) mass is 449 g/mol. The average molecular weight is 450 g/mol. The highest BCUT2D eigenvalue weighted by Gasteiger charge is 2.19. The van der Waals surface area contributed by atoms with E-state index in [1.165, 1.54) is 12.8 Å². The summed E-state index contributed by atoms with van der Waals surface area (Å²) in [6.07, 6.45) is 7.81. The molecule has 0 spiro atoms. The van der Waals surface area contributed by atoms with Crippen LogP contribution in [0.5, 0.6) is 11.5 Å². The van der Waals surface area contributed by atoms with Gasteiger partial charge in [-0.05, 0) is 43.2 Å². The summed E-state index contributed by atoms with van der Waals surface area (Å²) in [6, 6.07) is 10.9. The predicted molar refractivity (Wildman–Crippen MR) is 124 cm³/mol. The van der Waals surface area contributed by atoms with Crippen LogP contribution in [-0.2, 0) is 4.74 Å². The van der Waals surface area contributed by atoms with Crippen molar-refractivity contribution in [3.05, 3.63) is 48.8 Å². The highest BCUT2D eigenvalue weighted by molar-refractivity contribution is 5.92. The van der Waals surface area contributed by atoms with Gasteiger partial charge in [0.25, 0.3) is 0 Å². The van der Waals surface area contributed by atoms with Gasteiger partial charge in [-0.1, -0.05) is 12.8 Å². The third kappa shape index (κ3) is 4.93. The van der Waals surface area contributed by atoms with E-state index in [4.69, 9.17) is 9.47 Å². The largest absolute Gasteiger partial charge is 0.457 e. The molecule has 1 saturated heterocycles. The molecule has 3 aromatic rings. The van der Waals surface area contributed by atoms with E-state index in [0.29, 0.717) is 43.6 Å². The third-order valence-electron chi connectivity index (χ3n) is 6.06. The van der Waals surface area contributed by atoms with Gasteiger partial charge in [-0.3, -0.25) is 9.88 Å². The van der Waals surface area contributed by atoms with Gasteiger partial charge in [0.2, 0.25) is 0 Å². The van der Waals surface area contributed by atoms with Gasteiger partial charge in [0.1, 0.15) is 17.3 Å². The Kier molecular flexibility index (Phi) is 6.12. The number of pyridine rings is 1. The topological polar surface area (TPSA) is 97.7 Å². The Hall–Kier alpha value is -3.59. The third-order valence-corrected chi connectivity index (χ3v) is 6.06. The van der Waals surface area contributed by atoms with E-state index in [2.05, 4.69) is 15.6 Å². The van der Waals surface area contributed by atoms with Gasteiger partial charge in [-0.15, -0.1) is 0 Å². The number of anilines is 1. The van der Waals surface area contributed by atoms with Crippen LogP contribution in [0.3, 0.4) is 0 Å². The number of aromatic nitrogens is 2. The highest BCUT2D eigenvalue weighted by Crippen LogP contribution is 2.27. The molecule has 2 aliphatic rings. The zero-order valence-electron chi connectivity index (χ0n) is 18.3. The van der Waals surface area contributed by atoms with Crippen molar-refractivity contribution in [1.29, 1.82) is 0 Å². The van der Waals surface area contributed by atoms with Crippen LogP contribution in [0.25, 0.3) is 10.9 Å². The molecule has 1 aliphatic heterocycles. The molecule has 9 heteroatoms. The van der Waals surface area contributed by atoms with Gasteiger partial charge in [0.05, 0.1) is 18.7 Å². The number of hydrogen-bond acceptors (Lipinski definition) is 5. The molecule has 0 atom stereocenters. The quantitative estimate of drug-likeness (QED) is 0.622. The minimum Gasteiger partial charge on any atom is -0.457 e. The molecule has 3 heterocycles. The van der Waals surface area contributed by atoms with Crippen LogP contribution < -0.4 is 15.4 Å². The number of rotatable bonds is 4. The van der Waals surface area contributed by atoms with E-state index < -0.39 is 0 Å². The molecule has 1 aromatic carbocycles. The van der Waals surface area contributed by atoms with Gasteiger partial charge in [-0.25, -0.2) is 14.6 Å². The maximum Gasteiger partial charge on any atom is 0.326 e. The Balaban J connectivity index is 1.26. The molecule has 2 fully saturated rings. The summed E-state index contributed by atoms with van der Waals surface area (Å²) in [5.74, 6) is 1.60. The van der Waals surface area contributed by atoms with Crippen molar-refractivity contribution >= 4 is 28.8 Å². The highest BCUT2D eigenvalue weighted by atomic mass is 16.5. The zero-order valence-corrected chi connectivity index (χ0v) is 18.3. The molecule has 3 amide bonds. The normalized spacial score (nSPS) is 16.7. The number of benzene rings is 1. The van der Waals surface area contributed by atoms with Crippen LogP contribution >= 0.6 is 0 Å². The molecular weight excluding hydrogens is 422 g/mol. The Morgan fingerprint density at radius 1 is 1.00 bits per heavy atom. The lowest BCUT2D eigenvalue weighted by Gasteiger charge is -2.26. The minimum atomic E-state index is -0.207. The first-order chi connectivity index (χ1) is 16.2. The van der Waals surface area contributed by atoms with Crippen LogP contribution in [0.4, 0.5) is 15.4 Å². The first kappa shape index (κ1) is 21.3. The number of carbonyl (C=O) groups excluding carboxylic acids is 2. The second-order valence-corrected chi connectivity index (χ2v) is 8.35. The summed E-state index contributed by atoms with van der Waals surface area (Å²) in [5, 5.41) is 6.83. The van der Waals surface area contributed by atoms with Crippen molar-refractivity contribution in [2.45, 2.75) is 31.7 Å². The summed E-state index contributed by atoms with van der Waals surface area (Å²) in [4.78, 5) is 31.0. The fourth-order valence-electron chi connectivity index (χ4n) is 4.31. The number of morpholine rings is 1. The van der Waals surface area contributed by atoms with Gasteiger partial charge in [-0.2, -0.15) is 0 Å². The Labute approximate surface area is 191 Å². The van der Waals surface area contributed by atoms with E-state index in [0.717, 1.165) is 23.7 Å². The Morgan fingerprint density at radius 3 is 2.61 bits per heavy atom. The Morgan fingerprint density at radius 2 is 1.79 bits per heavy atom. The molecule has 0 unspecified atom stereocenters. The van der Waals surface area contributed by atoms with Crippen molar-refractivity contribution in [3.8, 4) is 11.5 Å². The first-order valence-corrected chi connectivity index (χ1v) is 11.4. The van der Waals surface area contributed by atoms with Crippen molar-refractivity contribution < 1.29 is 19.1 Å². The number of amides is 3. The number of urea groups is 1. The Bertz CT molecular complexity index is 1150. The molecule has 0 radical (unpaired) electrons. The molecule has 2 N–H and O–H groups in total. The standard InChI is InChI=1S/C24H27N5O4/c30-23(28-11-13-32-14-12-28)27-22-16-20(7-9-25-22)33-19-5-6-21-17(15-19)8-10-29(21)24(31)26-18-3-1-2-4-18/h5-10,15-16,18H,1-4,11-14H2,(H,26,31)(H,25,27,30). The van der Waals surface area contributed by atoms with Crippen LogP contribution in [0.15, 0.2) is 48.8 Å². The number of fused-ring (bicyclic) bond motifs is 1. The number of ether oxygens (including phenoxy) is 2. The maximum atomic E-state index is 12.7. The summed E-state index contributed by atoms with van der Waals surface area (Å²) >= 11 is 0. The first-order valence-electron chi connectivity index (χ1n) is 11.4. The van der Waals surface area contributed by atoms with Crippen LogP contribution in [0.2, 0.25) is 0 Å². The molecule has 172 valence electrons. The van der Waals surface area contributed by atoms with Crippen LogP contribution in [0.1, 0.15) is 25.7 Å². The average Bonchev–Trinajstić information content (AvgIpc) is 3.49. The second kappa shape index (κ2) is 9.50. The summed E-state index contributed by atoms with van der Waals surface area (Å²) < 4.78 is 12.9. The maximum absolute atomic E-state index is 12.7. The van der Waals surface area contributed by atoms with Gasteiger partial charge < -0.3 is 19.7 Å². The molecule has 9 nitrogen and oxygen atoms in total. The fraction of sp³-hybridized carbons (Fsp3) is 0.375. The lowest BCUT2D eigenvalue weighted by Crippen LogP contribution is -2.43. The van der Waals surface area contributed by atoms with Crippen molar-refractivity contribution in [2.75, 3.05) is 31.6 Å². The van der Waals surface area contributed by atoms with Crippen molar-refractivity contribution in [2.24, 2.45) is 0 Å². The smallest absolute Gasteiger partial charge is 0.326 e. The van der Waals surface area contributed by atoms with Gasteiger partial charge >= 0.3 is 12.1 Å². The number of nitrogens with one attached hydrogen (secondary N) is 2. The van der Waals surface area contributed by atoms with E-state index in [1.54, 1.807) is 34.0 Å². The molecule has 0 bridgehead atoms. The van der Waals surface area contributed by atoms with Crippen molar-refractivity contribution in [3.63, 3.8) is 0 Å². The number of carbonyl (C=O) groups is 2. The van der Waals surface area contributed by atoms with E-state index in [9.17, 15) is 9.59 Å². The van der Waals surface area contributed by atoms with E-state index >= 15 is 0 Å². The van der Waals surface area contributed by atoms with Crippen molar-refractivity contribution in [1.82, 2.24) is 19.8 Å². The van der Waals surface area contributed by atoms with Crippen LogP contribution in [0, 0.1) is 0 Å². The molecule has 33 heavy (non-hydrogen) atoms. The van der Waals surface area contributed by atoms with Crippen LogP contribution in [-0.4, -0.2) is 58.9 Å². The SMILES string of the molecule is O=C(Nc1cc(Oc2ccc3c(ccn3C(=O)NC3CCCC3)c2)ccn1)N1CCOCC1. The fourth-order valence-corrected chi connectivity index (χ4v) is 4.31. The molecule has 1 saturated carbocycles. The molecular formula is C24H27N5O4. The van der Waals surface area contributed by atoms with E-state index in [1.807, 2.05) is 24.3 Å². The lowest BCUT2D eigenvalue weighted by atomic mass is 10.2. The zero-order chi connectivity index (χ0) is 22.6. The van der Waals surface area contributed by atoms with E-state index in [-0.39, 0.29) is 18.1 Å². The minimum absolute atomic E-state index is 0.0969. The number of hydrogen-bond donors (Lipinski definition) is 2. The number of nitrogens with zero attached hydrogens (tertiary/aromatic N) is 3.